The van der Waals surface area contributed by atoms with E-state index < -0.39 is 41.4 Å². The van der Waals surface area contributed by atoms with Crippen LogP contribution in [0.15, 0.2) is 54.6 Å². The van der Waals surface area contributed by atoms with Gasteiger partial charge in [0.05, 0.1) is 12.4 Å². The van der Waals surface area contributed by atoms with Gasteiger partial charge >= 0.3 is 6.01 Å². The van der Waals surface area contributed by atoms with Crippen LogP contribution in [0, 0.1) is 4.78 Å². The highest BCUT2D eigenvalue weighted by atomic mass is 32.2. The van der Waals surface area contributed by atoms with Crippen molar-refractivity contribution in [3.8, 4) is 17.4 Å². The van der Waals surface area contributed by atoms with Gasteiger partial charge in [0.25, 0.3) is 6.36 Å². The Morgan fingerprint density at radius 2 is 1.84 bits per heavy atom. The fraction of sp³-hybridized carbons (Fsp3) is 0.286. The van der Waals surface area contributed by atoms with Crippen molar-refractivity contribution in [2.75, 3.05) is 18.2 Å². The molecule has 7 nitrogen and oxygen atoms in total. The van der Waals surface area contributed by atoms with Gasteiger partial charge in [0.1, 0.15) is 0 Å². The van der Waals surface area contributed by atoms with Gasteiger partial charge in [-0.2, -0.15) is 19.3 Å². The molecular formula is C21H22F3N5O2S. The topological polar surface area (TPSA) is 101 Å². The molecule has 0 aliphatic rings. The van der Waals surface area contributed by atoms with Crippen LogP contribution in [0.4, 0.5) is 24.8 Å². The summed E-state index contributed by atoms with van der Waals surface area (Å²) in [5.74, 6) is 0.228. The Labute approximate surface area is 184 Å². The Bertz CT molecular complexity index is 1150. The number of hydrogen-bond donors (Lipinski definition) is 2. The first-order chi connectivity index (χ1) is 15.2. The summed E-state index contributed by atoms with van der Waals surface area (Å²) in [5, 5.41) is 2.94. The van der Waals surface area contributed by atoms with Gasteiger partial charge in [-0.05, 0) is 17.7 Å². The second-order valence-corrected chi connectivity index (χ2v) is 9.37. The molecule has 0 saturated heterocycles. The SMILES string of the molecule is CS(=N)(=O)Cc1cccc(Nc2nc(OC(F)C(F)CCF)nc(-c3ccccc3)n2)c1. The fourth-order valence-corrected chi connectivity index (χ4v) is 3.59. The predicted molar refractivity (Wildman–Crippen MR) is 116 cm³/mol. The van der Waals surface area contributed by atoms with Gasteiger partial charge in [-0.1, -0.05) is 42.5 Å². The van der Waals surface area contributed by atoms with Crippen LogP contribution in [0.1, 0.15) is 12.0 Å². The van der Waals surface area contributed by atoms with Crippen LogP contribution in [0.3, 0.4) is 0 Å². The average molecular weight is 466 g/mol. The number of hydrogen-bond acceptors (Lipinski definition) is 7. The molecule has 0 aliphatic carbocycles. The molecule has 1 aromatic heterocycles. The van der Waals surface area contributed by atoms with E-state index in [1.54, 1.807) is 54.6 Å². The van der Waals surface area contributed by atoms with Crippen molar-refractivity contribution in [3.63, 3.8) is 0 Å². The molecular weight excluding hydrogens is 443 g/mol. The molecule has 0 aliphatic heterocycles. The van der Waals surface area contributed by atoms with Crippen molar-refractivity contribution >= 4 is 21.4 Å². The van der Waals surface area contributed by atoms with Gasteiger partial charge < -0.3 is 10.1 Å². The Morgan fingerprint density at radius 1 is 1.09 bits per heavy atom. The highest BCUT2D eigenvalue weighted by Gasteiger charge is 2.24. The van der Waals surface area contributed by atoms with Crippen molar-refractivity contribution in [1.29, 1.82) is 4.78 Å². The summed E-state index contributed by atoms with van der Waals surface area (Å²) in [5.41, 5.74) is 1.79. The third-order valence-electron chi connectivity index (χ3n) is 4.16. The minimum Gasteiger partial charge on any atom is -0.425 e. The lowest BCUT2D eigenvalue weighted by Gasteiger charge is -2.15. The first-order valence-corrected chi connectivity index (χ1v) is 11.8. The first-order valence-electron chi connectivity index (χ1n) is 9.63. The summed E-state index contributed by atoms with van der Waals surface area (Å²) in [4.78, 5) is 12.3. The zero-order chi connectivity index (χ0) is 23.1. The Hall–Kier alpha value is -3.21. The first kappa shape index (κ1) is 23.5. The lowest BCUT2D eigenvalue weighted by atomic mass is 10.2. The van der Waals surface area contributed by atoms with E-state index in [4.69, 9.17) is 9.52 Å². The summed E-state index contributed by atoms with van der Waals surface area (Å²) in [6.07, 6.45) is -3.91. The summed E-state index contributed by atoms with van der Waals surface area (Å²) in [6, 6.07) is 15.1. The smallest absolute Gasteiger partial charge is 0.324 e. The molecule has 0 radical (unpaired) electrons. The molecule has 3 rings (SSSR count). The second kappa shape index (κ2) is 10.4. The van der Waals surface area contributed by atoms with Crippen molar-refractivity contribution in [2.45, 2.75) is 24.7 Å². The number of aromatic nitrogens is 3. The number of alkyl halides is 3. The molecule has 32 heavy (non-hydrogen) atoms. The lowest BCUT2D eigenvalue weighted by molar-refractivity contribution is -0.0173. The lowest BCUT2D eigenvalue weighted by Crippen LogP contribution is -2.25. The number of ether oxygens (including phenoxy) is 1. The summed E-state index contributed by atoms with van der Waals surface area (Å²) < 4.78 is 64.3. The molecule has 1 heterocycles. The molecule has 3 atom stereocenters. The van der Waals surface area contributed by atoms with Crippen LogP contribution in [0.2, 0.25) is 0 Å². The predicted octanol–water partition coefficient (Wildman–Crippen LogP) is 4.83. The minimum atomic E-state index is -2.74. The molecule has 0 amide bonds. The van der Waals surface area contributed by atoms with E-state index in [1.807, 2.05) is 0 Å². The van der Waals surface area contributed by atoms with Crippen LogP contribution in [-0.4, -0.2) is 44.6 Å². The van der Waals surface area contributed by atoms with Crippen LogP contribution >= 0.6 is 0 Å². The monoisotopic (exact) mass is 465 g/mol. The standard InChI is InChI=1S/C21H22F3N5O2S/c1-32(25,30)13-14-6-5-9-16(12-14)26-20-27-19(15-7-3-2-4-8-15)28-21(29-20)31-18(24)17(23)10-11-22/h2-9,12,17-18,25H,10-11,13H2,1H3,(H,26,27,28,29). The van der Waals surface area contributed by atoms with Gasteiger partial charge in [-0.25, -0.2) is 8.60 Å². The van der Waals surface area contributed by atoms with Gasteiger partial charge in [0, 0.05) is 33.7 Å². The van der Waals surface area contributed by atoms with Gasteiger partial charge in [-0.15, -0.1) is 0 Å². The molecule has 3 unspecified atom stereocenters. The molecule has 2 aromatic carbocycles. The Morgan fingerprint density at radius 3 is 2.53 bits per heavy atom. The normalized spacial score (nSPS) is 14.9. The number of rotatable bonds is 10. The second-order valence-electron chi connectivity index (χ2n) is 7.07. The van der Waals surface area contributed by atoms with E-state index in [9.17, 15) is 17.4 Å². The van der Waals surface area contributed by atoms with Crippen LogP contribution < -0.4 is 10.1 Å². The fourth-order valence-electron chi connectivity index (χ4n) is 2.78. The maximum atomic E-state index is 14.0. The summed E-state index contributed by atoms with van der Waals surface area (Å²) in [7, 11) is -2.74. The Kier molecular flexibility index (Phi) is 7.62. The number of nitrogens with one attached hydrogen (secondary N) is 2. The third kappa shape index (κ3) is 6.91. The highest BCUT2D eigenvalue weighted by molar-refractivity contribution is 7.90. The molecule has 0 spiro atoms. The molecule has 0 fully saturated rings. The average Bonchev–Trinajstić information content (AvgIpc) is 2.73. The maximum Gasteiger partial charge on any atom is 0.324 e. The maximum absolute atomic E-state index is 14.0. The van der Waals surface area contributed by atoms with Gasteiger partial charge in [0.2, 0.25) is 5.95 Å². The van der Waals surface area contributed by atoms with Crippen LogP contribution in [0.25, 0.3) is 11.4 Å². The number of benzene rings is 2. The number of halogens is 3. The minimum absolute atomic E-state index is 0.00204. The van der Waals surface area contributed by atoms with Gasteiger partial charge in [0.15, 0.2) is 12.0 Å². The summed E-state index contributed by atoms with van der Waals surface area (Å²) >= 11 is 0. The van der Waals surface area contributed by atoms with E-state index in [2.05, 4.69) is 20.3 Å². The molecule has 170 valence electrons. The zero-order valence-electron chi connectivity index (χ0n) is 17.2. The van der Waals surface area contributed by atoms with Crippen molar-refractivity contribution < 1.29 is 22.1 Å². The molecule has 3 aromatic rings. The van der Waals surface area contributed by atoms with E-state index in [0.717, 1.165) is 0 Å². The molecule has 0 bridgehead atoms. The molecule has 2 N–H and O–H groups in total. The number of nitrogens with zero attached hydrogens (tertiary/aromatic N) is 3. The zero-order valence-corrected chi connectivity index (χ0v) is 18.0. The van der Waals surface area contributed by atoms with E-state index in [-0.39, 0.29) is 17.5 Å². The van der Waals surface area contributed by atoms with E-state index in [0.29, 0.717) is 16.8 Å². The van der Waals surface area contributed by atoms with Crippen molar-refractivity contribution in [3.05, 3.63) is 60.2 Å². The highest BCUT2D eigenvalue weighted by Crippen LogP contribution is 2.23. The van der Waals surface area contributed by atoms with Crippen LogP contribution in [0.5, 0.6) is 6.01 Å². The van der Waals surface area contributed by atoms with E-state index >= 15 is 0 Å². The van der Waals surface area contributed by atoms with Crippen molar-refractivity contribution in [2.24, 2.45) is 0 Å². The molecule has 11 heteroatoms. The Balaban J connectivity index is 1.92. The van der Waals surface area contributed by atoms with Crippen LogP contribution in [-0.2, 0) is 15.5 Å². The van der Waals surface area contributed by atoms with E-state index in [1.165, 1.54) is 6.26 Å². The quantitative estimate of drug-likeness (QED) is 0.445. The third-order valence-corrected chi connectivity index (χ3v) is 5.04. The molecule has 0 saturated carbocycles. The largest absolute Gasteiger partial charge is 0.425 e. The van der Waals surface area contributed by atoms with Crippen molar-refractivity contribution in [1.82, 2.24) is 15.0 Å². The number of anilines is 2. The summed E-state index contributed by atoms with van der Waals surface area (Å²) in [6.45, 7) is -1.02. The van der Waals surface area contributed by atoms with Gasteiger partial charge in [-0.3, -0.25) is 9.17 Å².